The molecule has 0 aromatic heterocycles. The average molecular weight is 370 g/mol. The van der Waals surface area contributed by atoms with Gasteiger partial charge in [-0.05, 0) is 12.8 Å². The van der Waals surface area contributed by atoms with Crippen molar-refractivity contribution < 1.29 is 12.7 Å². The standard InChI is InChI=1S/C10H15IN2O3S/c11-16-8(14)4-2-1-3-7-9-6(5-17-7)12-10(15)13-9/h6-7,9H,1-5H2,(H2,12,13,15)/t6-,7-,9-/m0/s1. The van der Waals surface area contributed by atoms with Crippen molar-refractivity contribution in [2.75, 3.05) is 5.75 Å². The van der Waals surface area contributed by atoms with Gasteiger partial charge < -0.3 is 13.7 Å². The van der Waals surface area contributed by atoms with Gasteiger partial charge in [-0.1, -0.05) is 6.42 Å². The fraction of sp³-hybridized carbons (Fsp3) is 0.800. The van der Waals surface area contributed by atoms with Gasteiger partial charge in [0.1, 0.15) is 0 Å². The molecule has 2 aliphatic rings. The number of nitrogens with one attached hydrogen (secondary N) is 2. The summed E-state index contributed by atoms with van der Waals surface area (Å²) in [5.41, 5.74) is 0. The van der Waals surface area contributed by atoms with Crippen LogP contribution in [0, 0.1) is 0 Å². The van der Waals surface area contributed by atoms with Gasteiger partial charge in [0, 0.05) is 17.4 Å². The zero-order chi connectivity index (χ0) is 12.3. The van der Waals surface area contributed by atoms with E-state index in [0.717, 1.165) is 25.0 Å². The molecule has 0 saturated carbocycles. The zero-order valence-electron chi connectivity index (χ0n) is 9.28. The van der Waals surface area contributed by atoms with Crippen LogP contribution in [0.4, 0.5) is 4.79 Å². The molecule has 2 heterocycles. The topological polar surface area (TPSA) is 67.4 Å². The number of carbonyl (C=O) groups excluding carboxylic acids is 2. The molecule has 0 unspecified atom stereocenters. The Bertz CT molecular complexity index is 316. The van der Waals surface area contributed by atoms with Gasteiger partial charge in [0.15, 0.2) is 23.0 Å². The molecule has 5 nitrogen and oxygen atoms in total. The molecule has 0 aromatic rings. The second-order valence-corrected chi connectivity index (χ2v) is 6.03. The van der Waals surface area contributed by atoms with Crippen LogP contribution in [-0.2, 0) is 7.86 Å². The van der Waals surface area contributed by atoms with Crippen molar-refractivity contribution in [1.29, 1.82) is 0 Å². The Morgan fingerprint density at radius 2 is 2.29 bits per heavy atom. The molecular formula is C10H15IN2O3S. The Hall–Kier alpha value is -0.180. The first-order chi connectivity index (χ1) is 8.20. The number of carbonyl (C=O) groups is 2. The third-order valence-corrected chi connectivity index (χ3v) is 5.14. The maximum atomic E-state index is 11.2. The molecule has 2 saturated heterocycles. The largest absolute Gasteiger partial charge is 0.394 e. The number of halogens is 1. The molecule has 17 heavy (non-hydrogen) atoms. The minimum Gasteiger partial charge on any atom is -0.394 e. The highest BCUT2D eigenvalue weighted by Crippen LogP contribution is 2.33. The van der Waals surface area contributed by atoms with Gasteiger partial charge in [-0.25, -0.2) is 4.79 Å². The van der Waals surface area contributed by atoms with Crippen molar-refractivity contribution in [2.24, 2.45) is 0 Å². The summed E-state index contributed by atoms with van der Waals surface area (Å²) in [6.07, 6.45) is 3.39. The number of hydrogen-bond acceptors (Lipinski definition) is 4. The summed E-state index contributed by atoms with van der Waals surface area (Å²) >= 11 is 3.52. The van der Waals surface area contributed by atoms with Crippen LogP contribution in [0.2, 0.25) is 0 Å². The number of unbranched alkanes of at least 4 members (excludes halogenated alkanes) is 1. The first kappa shape index (κ1) is 13.3. The molecule has 0 radical (unpaired) electrons. The molecule has 2 rings (SSSR count). The van der Waals surface area contributed by atoms with Crippen LogP contribution in [0.5, 0.6) is 0 Å². The first-order valence-corrected chi connectivity index (χ1v) is 7.63. The molecule has 7 heteroatoms. The molecule has 0 spiro atoms. The monoisotopic (exact) mass is 370 g/mol. The van der Waals surface area contributed by atoms with Crippen molar-refractivity contribution in [3.63, 3.8) is 0 Å². The third-order valence-electron chi connectivity index (χ3n) is 3.14. The van der Waals surface area contributed by atoms with Crippen molar-refractivity contribution in [3.8, 4) is 0 Å². The molecule has 0 aromatic carbocycles. The first-order valence-electron chi connectivity index (χ1n) is 5.71. The van der Waals surface area contributed by atoms with Crippen LogP contribution < -0.4 is 10.6 Å². The summed E-state index contributed by atoms with van der Waals surface area (Å²) in [6, 6.07) is 0.514. The lowest BCUT2D eigenvalue weighted by Gasteiger charge is -2.16. The minimum absolute atomic E-state index is 0.0428. The second-order valence-electron chi connectivity index (χ2n) is 4.32. The van der Waals surface area contributed by atoms with E-state index >= 15 is 0 Å². The quantitative estimate of drug-likeness (QED) is 0.438. The predicted octanol–water partition coefficient (Wildman–Crippen LogP) is 1.61. The molecule has 96 valence electrons. The minimum atomic E-state index is -0.154. The van der Waals surface area contributed by atoms with Crippen molar-refractivity contribution >= 4 is 46.8 Å². The summed E-state index contributed by atoms with van der Waals surface area (Å²) in [6.45, 7) is 0. The van der Waals surface area contributed by atoms with Gasteiger partial charge in [-0.15, -0.1) is 0 Å². The maximum Gasteiger partial charge on any atom is 0.315 e. The Morgan fingerprint density at radius 1 is 1.47 bits per heavy atom. The Kier molecular flexibility index (Phi) is 4.78. The number of fused-ring (bicyclic) bond motifs is 1. The Morgan fingerprint density at radius 3 is 3.06 bits per heavy atom. The number of rotatable bonds is 5. The van der Waals surface area contributed by atoms with Crippen LogP contribution in [0.15, 0.2) is 0 Å². The smallest absolute Gasteiger partial charge is 0.315 e. The SMILES string of the molecule is O=C1N[C@H]2[C@H](CS[C@H]2CCCCC(=O)OI)N1. The van der Waals surface area contributed by atoms with Gasteiger partial charge >= 0.3 is 12.0 Å². The number of urea groups is 1. The predicted molar refractivity (Wildman–Crippen MR) is 74.1 cm³/mol. The van der Waals surface area contributed by atoms with Gasteiger partial charge in [-0.2, -0.15) is 11.8 Å². The molecule has 2 N–H and O–H groups in total. The van der Waals surface area contributed by atoms with Crippen LogP contribution in [-0.4, -0.2) is 35.1 Å². The van der Waals surface area contributed by atoms with E-state index < -0.39 is 0 Å². The van der Waals surface area contributed by atoms with Crippen molar-refractivity contribution in [3.05, 3.63) is 0 Å². The lowest BCUT2D eigenvalue weighted by molar-refractivity contribution is -0.131. The van der Waals surface area contributed by atoms with Gasteiger partial charge in [0.2, 0.25) is 0 Å². The maximum absolute atomic E-state index is 11.2. The highest BCUT2D eigenvalue weighted by molar-refractivity contribution is 14.1. The highest BCUT2D eigenvalue weighted by Gasteiger charge is 2.42. The van der Waals surface area contributed by atoms with E-state index in [1.54, 1.807) is 23.0 Å². The number of thioether (sulfide) groups is 1. The molecule has 2 aliphatic heterocycles. The number of amides is 2. The average Bonchev–Trinajstić information content (AvgIpc) is 2.84. The van der Waals surface area contributed by atoms with Crippen molar-refractivity contribution in [2.45, 2.75) is 43.0 Å². The Balaban J connectivity index is 1.66. The van der Waals surface area contributed by atoms with E-state index in [4.69, 9.17) is 0 Å². The fourth-order valence-electron chi connectivity index (χ4n) is 2.30. The molecule has 3 atom stereocenters. The van der Waals surface area contributed by atoms with Gasteiger partial charge in [0.05, 0.1) is 12.1 Å². The molecule has 2 fully saturated rings. The van der Waals surface area contributed by atoms with Gasteiger partial charge in [0.25, 0.3) is 0 Å². The summed E-state index contributed by atoms with van der Waals surface area (Å²) in [5, 5.41) is 6.36. The van der Waals surface area contributed by atoms with E-state index in [0.29, 0.717) is 11.7 Å². The van der Waals surface area contributed by atoms with E-state index in [-0.39, 0.29) is 24.1 Å². The number of hydrogen-bond donors (Lipinski definition) is 2. The fourth-order valence-corrected chi connectivity index (χ4v) is 4.06. The van der Waals surface area contributed by atoms with Crippen molar-refractivity contribution in [1.82, 2.24) is 10.6 Å². The molecule has 2 amide bonds. The van der Waals surface area contributed by atoms with E-state index in [2.05, 4.69) is 13.7 Å². The molecule has 0 aliphatic carbocycles. The summed E-state index contributed by atoms with van der Waals surface area (Å²) in [4.78, 5) is 22.1. The van der Waals surface area contributed by atoms with Crippen LogP contribution in [0.3, 0.4) is 0 Å². The molecule has 0 bridgehead atoms. The van der Waals surface area contributed by atoms with Crippen LogP contribution in [0.25, 0.3) is 0 Å². The zero-order valence-corrected chi connectivity index (χ0v) is 12.3. The summed E-state index contributed by atoms with van der Waals surface area (Å²) in [5.74, 6) is 0.836. The second kappa shape index (κ2) is 6.12. The van der Waals surface area contributed by atoms with E-state index in [1.807, 2.05) is 11.8 Å². The highest BCUT2D eigenvalue weighted by atomic mass is 127. The lowest BCUT2D eigenvalue weighted by Crippen LogP contribution is -2.36. The van der Waals surface area contributed by atoms with Crippen LogP contribution >= 0.6 is 34.8 Å². The third kappa shape index (κ3) is 3.40. The van der Waals surface area contributed by atoms with E-state index in [1.165, 1.54) is 0 Å². The van der Waals surface area contributed by atoms with Gasteiger partial charge in [-0.3, -0.25) is 4.79 Å². The van der Waals surface area contributed by atoms with Crippen LogP contribution in [0.1, 0.15) is 25.7 Å². The normalized spacial score (nSPS) is 30.6. The summed E-state index contributed by atoms with van der Waals surface area (Å²) in [7, 11) is 0. The lowest BCUT2D eigenvalue weighted by atomic mass is 10.0. The summed E-state index contributed by atoms with van der Waals surface area (Å²) < 4.78 is 4.56. The molecular weight excluding hydrogens is 355 g/mol. The Labute approximate surface area is 118 Å². The van der Waals surface area contributed by atoms with E-state index in [9.17, 15) is 9.59 Å².